The van der Waals surface area contributed by atoms with Crippen LogP contribution in [0.4, 0.5) is 0 Å². The van der Waals surface area contributed by atoms with Gasteiger partial charge in [0.25, 0.3) is 0 Å². The van der Waals surface area contributed by atoms with Gasteiger partial charge < -0.3 is 9.47 Å². The van der Waals surface area contributed by atoms with E-state index in [-0.39, 0.29) is 12.5 Å². The van der Waals surface area contributed by atoms with E-state index in [1.54, 1.807) is 0 Å². The summed E-state index contributed by atoms with van der Waals surface area (Å²) in [6.07, 6.45) is 8.77. The molecule has 2 unspecified atom stereocenters. The summed E-state index contributed by atoms with van der Waals surface area (Å²) in [6, 6.07) is 8.34. The summed E-state index contributed by atoms with van der Waals surface area (Å²) in [5.41, 5.74) is 1.29. The summed E-state index contributed by atoms with van der Waals surface area (Å²) in [5.74, 6) is 0.958. The Labute approximate surface area is 143 Å². The molecule has 3 heteroatoms. The van der Waals surface area contributed by atoms with Crippen molar-refractivity contribution in [3.8, 4) is 5.75 Å². The number of para-hydroxylation sites is 1. The number of unbranched alkanes of at least 4 members (excludes halogenated alkanes) is 5. The van der Waals surface area contributed by atoms with Gasteiger partial charge in [0.05, 0.1) is 0 Å². The Bertz CT molecular complexity index is 420. The van der Waals surface area contributed by atoms with Crippen LogP contribution in [0.1, 0.15) is 64.9 Å². The fourth-order valence-electron chi connectivity index (χ4n) is 2.53. The van der Waals surface area contributed by atoms with E-state index >= 15 is 0 Å². The molecule has 3 nitrogen and oxygen atoms in total. The summed E-state index contributed by atoms with van der Waals surface area (Å²) >= 11 is 0. The van der Waals surface area contributed by atoms with Crippen LogP contribution in [0, 0.1) is 0 Å². The van der Waals surface area contributed by atoms with Gasteiger partial charge in [-0.1, -0.05) is 57.2 Å². The second kappa shape index (κ2) is 11.5. The minimum Gasteiger partial charge on any atom is -0.465 e. The molecule has 2 atom stereocenters. The van der Waals surface area contributed by atoms with E-state index in [9.17, 15) is 0 Å². The number of hydrogen-bond donors (Lipinski definition) is 0. The first-order chi connectivity index (χ1) is 11.0. The molecule has 23 heavy (non-hydrogen) atoms. The molecule has 0 N–H and O–H groups in total. The number of rotatable bonds is 12. The highest BCUT2D eigenvalue weighted by Crippen LogP contribution is 2.22. The van der Waals surface area contributed by atoms with Gasteiger partial charge in [-0.3, -0.25) is 4.90 Å². The number of nitrogens with zero attached hydrogens (tertiary/aromatic N) is 1. The van der Waals surface area contributed by atoms with Gasteiger partial charge in [-0.2, -0.15) is 0 Å². The molecule has 0 aliphatic heterocycles. The normalized spacial score (nSPS) is 14.0. The molecular weight excluding hydrogens is 286 g/mol. The Morgan fingerprint density at radius 1 is 0.957 bits per heavy atom. The van der Waals surface area contributed by atoms with Gasteiger partial charge in [0, 0.05) is 0 Å². The van der Waals surface area contributed by atoms with E-state index < -0.39 is 0 Å². The summed E-state index contributed by atoms with van der Waals surface area (Å²) in [7, 11) is 4.01. The van der Waals surface area contributed by atoms with Crippen molar-refractivity contribution in [3.63, 3.8) is 0 Å². The van der Waals surface area contributed by atoms with E-state index in [1.807, 2.05) is 45.0 Å². The molecule has 0 aliphatic rings. The minimum absolute atomic E-state index is 0.0377. The Balaban J connectivity index is 2.43. The Kier molecular flexibility index (Phi) is 9.97. The second-order valence-electron chi connectivity index (χ2n) is 6.51. The molecule has 0 spiro atoms. The Morgan fingerprint density at radius 3 is 2.30 bits per heavy atom. The summed E-state index contributed by atoms with van der Waals surface area (Å²) in [5, 5.41) is 0. The highest BCUT2D eigenvalue weighted by atomic mass is 16.7. The molecule has 0 fully saturated rings. The van der Waals surface area contributed by atoms with Crippen LogP contribution in [0.5, 0.6) is 5.75 Å². The fraction of sp³-hybridized carbons (Fsp3) is 0.700. The third-order valence-corrected chi connectivity index (χ3v) is 4.18. The van der Waals surface area contributed by atoms with Crippen molar-refractivity contribution < 1.29 is 9.47 Å². The molecule has 0 radical (unpaired) electrons. The van der Waals surface area contributed by atoms with Crippen LogP contribution in [0.15, 0.2) is 24.3 Å². The number of benzene rings is 1. The fourth-order valence-corrected chi connectivity index (χ4v) is 2.53. The lowest BCUT2D eigenvalue weighted by Gasteiger charge is -2.25. The Morgan fingerprint density at radius 2 is 1.61 bits per heavy atom. The van der Waals surface area contributed by atoms with E-state index in [0.29, 0.717) is 0 Å². The quantitative estimate of drug-likeness (QED) is 0.388. The molecular formula is C20H35NO2. The predicted molar refractivity (Wildman–Crippen MR) is 97.8 cm³/mol. The first-order valence-corrected chi connectivity index (χ1v) is 9.11. The van der Waals surface area contributed by atoms with E-state index in [1.165, 1.54) is 44.1 Å². The largest absolute Gasteiger partial charge is 0.465 e. The summed E-state index contributed by atoms with van der Waals surface area (Å²) in [6.45, 7) is 6.25. The standard InChI is InChI=1S/C20H35NO2/c1-6-7-8-9-10-11-14-19-15-12-13-16-20(19)23-18(3)22-17(2)21(4)5/h12-13,15-18H,6-11,14H2,1-5H3. The molecule has 0 bridgehead atoms. The molecule has 1 aromatic carbocycles. The zero-order valence-corrected chi connectivity index (χ0v) is 15.7. The molecule has 0 saturated heterocycles. The lowest BCUT2D eigenvalue weighted by molar-refractivity contribution is -0.143. The van der Waals surface area contributed by atoms with Gasteiger partial charge in [-0.05, 0) is 52.4 Å². The maximum atomic E-state index is 6.01. The lowest BCUT2D eigenvalue weighted by atomic mass is 10.0. The third kappa shape index (κ3) is 8.38. The van der Waals surface area contributed by atoms with Crippen LogP contribution in [0.2, 0.25) is 0 Å². The monoisotopic (exact) mass is 321 g/mol. The molecule has 1 rings (SSSR count). The van der Waals surface area contributed by atoms with E-state index in [0.717, 1.165) is 12.2 Å². The van der Waals surface area contributed by atoms with Gasteiger partial charge in [0.15, 0.2) is 6.29 Å². The smallest absolute Gasteiger partial charge is 0.198 e. The van der Waals surface area contributed by atoms with Crippen molar-refractivity contribution in [1.82, 2.24) is 4.90 Å². The average molecular weight is 322 g/mol. The molecule has 0 amide bonds. The Hall–Kier alpha value is -1.06. The van der Waals surface area contributed by atoms with Gasteiger partial charge in [0.2, 0.25) is 0 Å². The van der Waals surface area contributed by atoms with Crippen molar-refractivity contribution in [2.75, 3.05) is 14.1 Å². The second-order valence-corrected chi connectivity index (χ2v) is 6.51. The van der Waals surface area contributed by atoms with Crippen molar-refractivity contribution in [2.24, 2.45) is 0 Å². The number of aryl methyl sites for hydroxylation is 1. The SMILES string of the molecule is CCCCCCCCc1ccccc1OC(C)OC(C)N(C)C. The molecule has 0 heterocycles. The van der Waals surface area contributed by atoms with Gasteiger partial charge in [-0.25, -0.2) is 0 Å². The highest BCUT2D eigenvalue weighted by Gasteiger charge is 2.13. The van der Waals surface area contributed by atoms with E-state index in [2.05, 4.69) is 19.1 Å². The zero-order valence-electron chi connectivity index (χ0n) is 15.7. The first kappa shape index (κ1) is 20.0. The molecule has 0 saturated carbocycles. The van der Waals surface area contributed by atoms with Crippen molar-refractivity contribution in [3.05, 3.63) is 29.8 Å². The highest BCUT2D eigenvalue weighted by molar-refractivity contribution is 5.33. The van der Waals surface area contributed by atoms with E-state index in [4.69, 9.17) is 9.47 Å². The minimum atomic E-state index is -0.252. The summed E-state index contributed by atoms with van der Waals surface area (Å²) in [4.78, 5) is 2.03. The number of ether oxygens (including phenoxy) is 2. The first-order valence-electron chi connectivity index (χ1n) is 9.11. The van der Waals surface area contributed by atoms with Gasteiger partial charge >= 0.3 is 0 Å². The topological polar surface area (TPSA) is 21.7 Å². The van der Waals surface area contributed by atoms with Crippen LogP contribution in [-0.4, -0.2) is 31.5 Å². The van der Waals surface area contributed by atoms with Gasteiger partial charge in [-0.15, -0.1) is 0 Å². The maximum Gasteiger partial charge on any atom is 0.198 e. The zero-order chi connectivity index (χ0) is 17.1. The van der Waals surface area contributed by atoms with Crippen LogP contribution >= 0.6 is 0 Å². The molecule has 0 aromatic heterocycles. The molecule has 1 aromatic rings. The van der Waals surface area contributed by atoms with Crippen LogP contribution in [-0.2, 0) is 11.2 Å². The molecule has 0 aliphatic carbocycles. The predicted octanol–water partition coefficient (Wildman–Crippen LogP) is 5.24. The third-order valence-electron chi connectivity index (χ3n) is 4.18. The maximum absolute atomic E-state index is 6.01. The lowest BCUT2D eigenvalue weighted by Crippen LogP contribution is -2.33. The summed E-state index contributed by atoms with van der Waals surface area (Å²) < 4.78 is 11.9. The van der Waals surface area contributed by atoms with Crippen molar-refractivity contribution in [1.29, 1.82) is 0 Å². The average Bonchev–Trinajstić information content (AvgIpc) is 2.52. The van der Waals surface area contributed by atoms with Crippen molar-refractivity contribution >= 4 is 0 Å². The van der Waals surface area contributed by atoms with Crippen LogP contribution in [0.3, 0.4) is 0 Å². The van der Waals surface area contributed by atoms with Crippen LogP contribution < -0.4 is 4.74 Å². The van der Waals surface area contributed by atoms with Crippen molar-refractivity contribution in [2.45, 2.75) is 78.2 Å². The van der Waals surface area contributed by atoms with Gasteiger partial charge in [0.1, 0.15) is 12.0 Å². The number of hydrogen-bond acceptors (Lipinski definition) is 3. The van der Waals surface area contributed by atoms with Crippen LogP contribution in [0.25, 0.3) is 0 Å². The molecule has 132 valence electrons.